The number of thioether (sulfide) groups is 1. The number of carbonyl (C=O) groups is 2. The van der Waals surface area contributed by atoms with Gasteiger partial charge in [0.25, 0.3) is 5.78 Å². The van der Waals surface area contributed by atoms with E-state index < -0.39 is 17.7 Å². The minimum absolute atomic E-state index is 0.0800. The Balaban J connectivity index is 1.54. The van der Waals surface area contributed by atoms with Gasteiger partial charge in [0.1, 0.15) is 11.6 Å². The molecule has 0 spiro atoms. The smallest absolute Gasteiger partial charge is 0.301 e. The predicted molar refractivity (Wildman–Crippen MR) is 173 cm³/mol. The average Bonchev–Trinajstić information content (AvgIpc) is 3.58. The van der Waals surface area contributed by atoms with Gasteiger partial charge in [0.15, 0.2) is 15.8 Å². The molecule has 1 saturated heterocycles. The van der Waals surface area contributed by atoms with Gasteiger partial charge in [-0.15, -0.1) is 10.2 Å². The highest BCUT2D eigenvalue weighted by Crippen LogP contribution is 2.45. The molecule has 3 aromatic carbocycles. The summed E-state index contributed by atoms with van der Waals surface area (Å²) in [6.45, 7) is 4.72. The molecule has 1 aromatic heterocycles. The molecule has 0 bridgehead atoms. The maximum atomic E-state index is 13.6. The molecular weight excluding hydrogens is 669 g/mol. The second-order valence-corrected chi connectivity index (χ2v) is 13.5. The third kappa shape index (κ3) is 6.98. The topological polar surface area (TPSA) is 102 Å². The van der Waals surface area contributed by atoms with E-state index in [0.29, 0.717) is 45.2 Å². The van der Waals surface area contributed by atoms with Crippen molar-refractivity contribution in [1.29, 1.82) is 0 Å². The number of Topliss-reactive ketones (excluding diaryl/α,β-unsaturated/α-hetero) is 1. The Hall–Kier alpha value is -3.74. The Bertz CT molecular complexity index is 1690. The van der Waals surface area contributed by atoms with Crippen LogP contribution in [0.2, 0.25) is 0 Å². The summed E-state index contributed by atoms with van der Waals surface area (Å²) in [4.78, 5) is 28.4. The zero-order chi connectivity index (χ0) is 31.4. The first kappa shape index (κ1) is 31.7. The fraction of sp³-hybridized carbons (Fsp3) is 0.250. The number of hydrogen-bond donors (Lipinski definition) is 1. The molecule has 1 aliphatic heterocycles. The van der Waals surface area contributed by atoms with Crippen LogP contribution in [0.4, 0.5) is 9.52 Å². The third-order valence-corrected chi connectivity index (χ3v) is 9.55. The Morgan fingerprint density at radius 2 is 1.80 bits per heavy atom. The Kier molecular flexibility index (Phi) is 10.0. The summed E-state index contributed by atoms with van der Waals surface area (Å²) in [7, 11) is 1.52. The number of methoxy groups -OCH3 is 1. The van der Waals surface area contributed by atoms with Gasteiger partial charge in [-0.05, 0) is 59.9 Å². The van der Waals surface area contributed by atoms with Gasteiger partial charge in [-0.2, -0.15) is 0 Å². The number of nitrogens with zero attached hydrogens (tertiary/aromatic N) is 3. The van der Waals surface area contributed by atoms with Crippen molar-refractivity contribution in [3.63, 3.8) is 0 Å². The van der Waals surface area contributed by atoms with Crippen LogP contribution in [0, 0.1) is 11.7 Å². The van der Waals surface area contributed by atoms with Gasteiger partial charge in [-0.3, -0.25) is 14.5 Å². The molecule has 1 unspecified atom stereocenters. The van der Waals surface area contributed by atoms with E-state index in [1.54, 1.807) is 54.6 Å². The van der Waals surface area contributed by atoms with E-state index in [2.05, 4.69) is 40.0 Å². The van der Waals surface area contributed by atoms with Crippen molar-refractivity contribution in [2.75, 3.05) is 18.6 Å². The number of aliphatic hydroxyl groups is 1. The molecule has 8 nitrogen and oxygen atoms in total. The minimum atomic E-state index is -1.01. The number of amides is 1. The van der Waals surface area contributed by atoms with Crippen molar-refractivity contribution in [1.82, 2.24) is 10.2 Å². The first-order valence-electron chi connectivity index (χ1n) is 13.7. The average molecular weight is 699 g/mol. The Morgan fingerprint density at radius 1 is 1.07 bits per heavy atom. The summed E-state index contributed by atoms with van der Waals surface area (Å²) < 4.78 is 26.2. The highest BCUT2D eigenvalue weighted by Gasteiger charge is 2.48. The molecule has 2 heterocycles. The molecule has 12 heteroatoms. The van der Waals surface area contributed by atoms with Gasteiger partial charge in [-0.25, -0.2) is 4.39 Å². The summed E-state index contributed by atoms with van der Waals surface area (Å²) in [6, 6.07) is 17.1. The summed E-state index contributed by atoms with van der Waals surface area (Å²) in [6.07, 6.45) is 0.858. The van der Waals surface area contributed by atoms with Crippen LogP contribution in [0.3, 0.4) is 0 Å². The van der Waals surface area contributed by atoms with Crippen molar-refractivity contribution < 1.29 is 28.6 Å². The lowest BCUT2D eigenvalue weighted by Gasteiger charge is -2.23. The Morgan fingerprint density at radius 3 is 2.48 bits per heavy atom. The molecule has 5 rings (SSSR count). The fourth-order valence-electron chi connectivity index (χ4n) is 4.57. The van der Waals surface area contributed by atoms with Crippen molar-refractivity contribution in [3.05, 3.63) is 99.3 Å². The highest BCUT2D eigenvalue weighted by atomic mass is 79.9. The largest absolute Gasteiger partial charge is 0.507 e. The van der Waals surface area contributed by atoms with Crippen molar-refractivity contribution in [3.8, 4) is 11.5 Å². The number of ketones is 1. The van der Waals surface area contributed by atoms with E-state index in [9.17, 15) is 19.1 Å². The summed E-state index contributed by atoms with van der Waals surface area (Å²) in [5, 5.41) is 20.1. The van der Waals surface area contributed by atoms with Crippen molar-refractivity contribution in [2.24, 2.45) is 5.92 Å². The molecule has 0 aliphatic carbocycles. The van der Waals surface area contributed by atoms with Crippen LogP contribution in [0.5, 0.6) is 11.5 Å². The molecule has 1 N–H and O–H groups in total. The number of rotatable bonds is 11. The maximum absolute atomic E-state index is 13.6. The van der Waals surface area contributed by atoms with E-state index in [1.165, 1.54) is 35.9 Å². The van der Waals surface area contributed by atoms with Crippen LogP contribution in [0.1, 0.15) is 43.0 Å². The van der Waals surface area contributed by atoms with Gasteiger partial charge >= 0.3 is 5.91 Å². The second kappa shape index (κ2) is 13.9. The first-order chi connectivity index (χ1) is 21.2. The number of aromatic nitrogens is 2. The van der Waals surface area contributed by atoms with E-state index in [-0.39, 0.29) is 22.3 Å². The number of anilines is 1. The highest BCUT2D eigenvalue weighted by molar-refractivity contribution is 9.10. The fourth-order valence-corrected chi connectivity index (χ4v) is 6.66. The molecule has 1 fully saturated rings. The summed E-state index contributed by atoms with van der Waals surface area (Å²) in [5.74, 6) is -0.388. The molecular formula is C32H29BrFN3O5S2. The second-order valence-electron chi connectivity index (χ2n) is 10.4. The lowest BCUT2D eigenvalue weighted by Crippen LogP contribution is -2.29. The van der Waals surface area contributed by atoms with Crippen LogP contribution < -0.4 is 14.4 Å². The Labute approximate surface area is 271 Å². The van der Waals surface area contributed by atoms with E-state index in [4.69, 9.17) is 9.47 Å². The molecule has 1 aliphatic rings. The number of ether oxygens (including phenoxy) is 2. The predicted octanol–water partition coefficient (Wildman–Crippen LogP) is 7.79. The van der Waals surface area contributed by atoms with Gasteiger partial charge in [-0.1, -0.05) is 83.2 Å². The zero-order valence-electron chi connectivity index (χ0n) is 24.1. The zero-order valence-corrected chi connectivity index (χ0v) is 27.3. The van der Waals surface area contributed by atoms with Crippen molar-refractivity contribution >= 4 is 61.6 Å². The number of halogens is 2. The third-order valence-electron chi connectivity index (χ3n) is 6.90. The molecule has 228 valence electrons. The standard InChI is InChI=1S/C32H29BrFN3O5S2/c1-18(2)14-15-42-24-13-8-21(16-25(24)41-3)27-26(28(38)20-6-9-22(33)10-7-20)29(39)30(40)37(27)31-35-36-32(44-31)43-17-19-4-11-23(34)12-5-19/h4-13,16,18,27,38H,14-15,17H2,1-3H3/b28-26-. The van der Waals surface area contributed by atoms with Crippen LogP contribution in [0.15, 0.2) is 81.1 Å². The number of aliphatic hydroxyl groups excluding tert-OH is 1. The maximum Gasteiger partial charge on any atom is 0.301 e. The van der Waals surface area contributed by atoms with E-state index >= 15 is 0 Å². The van der Waals surface area contributed by atoms with Gasteiger partial charge in [0.2, 0.25) is 5.13 Å². The quantitative estimate of drug-likeness (QED) is 0.0557. The van der Waals surface area contributed by atoms with Gasteiger partial charge in [0.05, 0.1) is 25.3 Å². The molecule has 1 amide bonds. The lowest BCUT2D eigenvalue weighted by atomic mass is 9.95. The van der Waals surface area contributed by atoms with E-state index in [1.807, 2.05) is 0 Å². The normalized spacial score (nSPS) is 16.1. The number of carbonyl (C=O) groups excluding carboxylic acids is 2. The van der Waals surface area contributed by atoms with Crippen LogP contribution >= 0.6 is 39.0 Å². The monoisotopic (exact) mass is 697 g/mol. The summed E-state index contributed by atoms with van der Waals surface area (Å²) >= 11 is 5.91. The van der Waals surface area contributed by atoms with Crippen molar-refractivity contribution in [2.45, 2.75) is 36.4 Å². The first-order valence-corrected chi connectivity index (χ1v) is 16.3. The van der Waals surface area contributed by atoms with Crippen LogP contribution in [-0.4, -0.2) is 40.7 Å². The molecule has 0 saturated carbocycles. The molecule has 4 aromatic rings. The van der Waals surface area contributed by atoms with Gasteiger partial charge in [0, 0.05) is 15.8 Å². The van der Waals surface area contributed by atoms with Gasteiger partial charge < -0.3 is 14.6 Å². The van der Waals surface area contributed by atoms with E-state index in [0.717, 1.165) is 27.8 Å². The number of benzene rings is 3. The lowest BCUT2D eigenvalue weighted by molar-refractivity contribution is -0.132. The molecule has 1 atom stereocenters. The number of hydrogen-bond acceptors (Lipinski definition) is 9. The van der Waals surface area contributed by atoms with Crippen LogP contribution in [-0.2, 0) is 15.3 Å². The molecule has 44 heavy (non-hydrogen) atoms. The summed E-state index contributed by atoms with van der Waals surface area (Å²) in [5.41, 5.74) is 1.71. The van der Waals surface area contributed by atoms with Crippen LogP contribution in [0.25, 0.3) is 5.76 Å². The SMILES string of the molecule is COc1cc(C2/C(=C(/O)c3ccc(Br)cc3)C(=O)C(=O)N2c2nnc(SCc3ccc(F)cc3)s2)ccc1OCCC(C)C. The minimum Gasteiger partial charge on any atom is -0.507 e. The molecule has 0 radical (unpaired) electrons.